The van der Waals surface area contributed by atoms with Crippen LogP contribution < -0.4 is 4.74 Å². The second-order valence-electron chi connectivity index (χ2n) is 9.65. The molecule has 3 rings (SSSR count). The van der Waals surface area contributed by atoms with Crippen molar-refractivity contribution in [1.29, 1.82) is 0 Å². The van der Waals surface area contributed by atoms with E-state index in [-0.39, 0.29) is 30.7 Å². The number of carbonyl (C=O) groups excluding carboxylic acids is 1. The van der Waals surface area contributed by atoms with Crippen LogP contribution in [0.5, 0.6) is 5.75 Å². The van der Waals surface area contributed by atoms with Crippen LogP contribution in [0, 0.1) is 17.7 Å². The number of carbonyl (C=O) groups is 2. The summed E-state index contributed by atoms with van der Waals surface area (Å²) in [5.41, 5.74) is 0.555. The minimum atomic E-state index is -0.937. The van der Waals surface area contributed by atoms with Crippen LogP contribution in [0.4, 0.5) is 9.18 Å². The average Bonchev–Trinajstić information content (AvgIpc) is 2.74. The van der Waals surface area contributed by atoms with Crippen molar-refractivity contribution in [2.24, 2.45) is 11.8 Å². The maximum Gasteiger partial charge on any atom is 0.410 e. The number of aromatic nitrogens is 1. The summed E-state index contributed by atoms with van der Waals surface area (Å²) in [4.78, 5) is 30.1. The van der Waals surface area contributed by atoms with Crippen LogP contribution >= 0.6 is 0 Å². The number of amides is 1. The third-order valence-corrected chi connectivity index (χ3v) is 6.28. The minimum Gasteiger partial charge on any atom is -0.497 e. The number of nitrogens with zero attached hydrogens (tertiary/aromatic N) is 2. The first kappa shape index (κ1) is 24.7. The first-order valence-corrected chi connectivity index (χ1v) is 11.4. The van der Waals surface area contributed by atoms with E-state index in [1.807, 2.05) is 6.92 Å². The van der Waals surface area contributed by atoms with Crippen LogP contribution in [-0.2, 0) is 9.53 Å². The highest BCUT2D eigenvalue weighted by Crippen LogP contribution is 2.43. The van der Waals surface area contributed by atoms with Gasteiger partial charge >= 0.3 is 12.1 Å². The molecule has 1 amide bonds. The molecule has 0 spiro atoms. The summed E-state index contributed by atoms with van der Waals surface area (Å²) in [7, 11) is 1.56. The van der Waals surface area contributed by atoms with Gasteiger partial charge in [-0.05, 0) is 69.6 Å². The van der Waals surface area contributed by atoms with Gasteiger partial charge in [-0.1, -0.05) is 6.92 Å². The van der Waals surface area contributed by atoms with E-state index >= 15 is 4.39 Å². The van der Waals surface area contributed by atoms with Gasteiger partial charge in [0.25, 0.3) is 0 Å². The van der Waals surface area contributed by atoms with E-state index in [0.29, 0.717) is 41.6 Å². The molecule has 180 valence electrons. The van der Waals surface area contributed by atoms with Gasteiger partial charge in [0.2, 0.25) is 0 Å². The van der Waals surface area contributed by atoms with Gasteiger partial charge in [-0.15, -0.1) is 0 Å². The number of aliphatic carboxylic acids is 1. The van der Waals surface area contributed by atoms with Crippen LogP contribution in [0.15, 0.2) is 24.4 Å². The maximum atomic E-state index is 15.2. The van der Waals surface area contributed by atoms with E-state index in [0.717, 1.165) is 0 Å². The Morgan fingerprint density at radius 3 is 2.67 bits per heavy atom. The summed E-state index contributed by atoms with van der Waals surface area (Å²) >= 11 is 0. The molecule has 1 aliphatic heterocycles. The molecule has 3 atom stereocenters. The molecule has 1 aliphatic rings. The predicted octanol–water partition coefficient (Wildman–Crippen LogP) is 5.22. The number of methoxy groups -OCH3 is 1. The molecule has 0 radical (unpaired) electrons. The van der Waals surface area contributed by atoms with E-state index in [2.05, 4.69) is 4.98 Å². The molecular formula is C25H33FN2O5. The monoisotopic (exact) mass is 460 g/mol. The molecule has 0 saturated carbocycles. The molecule has 2 heterocycles. The molecule has 1 saturated heterocycles. The number of fused-ring (bicyclic) bond motifs is 1. The maximum absolute atomic E-state index is 15.2. The Kier molecular flexibility index (Phi) is 7.44. The Hall–Kier alpha value is -2.90. The van der Waals surface area contributed by atoms with Gasteiger partial charge in [-0.2, -0.15) is 0 Å². The number of likely N-dealkylation sites (tertiary alicyclic amines) is 1. The standard InChI is InChI=1S/C25H33FN2O5/c1-6-17(23-19-12-16(32-5)7-8-21(19)27-13-20(23)26)18-9-10-28(14-15(18)11-22(29)30)24(31)33-25(2,3)4/h7-8,12-13,15,17-18H,6,9-11,14H2,1-5H3,(H,29,30)/t15-,17?,18+/m1/s1. The lowest BCUT2D eigenvalue weighted by atomic mass is 9.71. The van der Waals surface area contributed by atoms with Gasteiger partial charge in [0.1, 0.15) is 17.2 Å². The molecule has 1 unspecified atom stereocenters. The lowest BCUT2D eigenvalue weighted by molar-refractivity contribution is -0.139. The highest BCUT2D eigenvalue weighted by molar-refractivity contribution is 5.84. The molecule has 2 aromatic rings. The summed E-state index contributed by atoms with van der Waals surface area (Å²) in [6.07, 6.45) is 1.86. The van der Waals surface area contributed by atoms with E-state index in [4.69, 9.17) is 9.47 Å². The molecule has 0 bridgehead atoms. The Labute approximate surface area is 193 Å². The number of benzene rings is 1. The van der Waals surface area contributed by atoms with E-state index in [1.165, 1.54) is 6.20 Å². The van der Waals surface area contributed by atoms with Crippen molar-refractivity contribution in [3.8, 4) is 5.75 Å². The fraction of sp³-hybridized carbons (Fsp3) is 0.560. The van der Waals surface area contributed by atoms with Crippen LogP contribution in [0.2, 0.25) is 0 Å². The topological polar surface area (TPSA) is 89.0 Å². The van der Waals surface area contributed by atoms with Gasteiger partial charge in [0.15, 0.2) is 0 Å². The lowest BCUT2D eigenvalue weighted by Crippen LogP contribution is -2.47. The number of hydrogen-bond acceptors (Lipinski definition) is 5. The van der Waals surface area contributed by atoms with E-state index in [9.17, 15) is 14.7 Å². The van der Waals surface area contributed by atoms with Crippen LogP contribution in [0.25, 0.3) is 10.9 Å². The number of carboxylic acid groups (broad SMARTS) is 1. The number of rotatable bonds is 6. The first-order valence-electron chi connectivity index (χ1n) is 11.4. The molecule has 7 nitrogen and oxygen atoms in total. The Morgan fingerprint density at radius 2 is 2.06 bits per heavy atom. The van der Waals surface area contributed by atoms with Crippen molar-refractivity contribution in [2.75, 3.05) is 20.2 Å². The summed E-state index contributed by atoms with van der Waals surface area (Å²) in [5, 5.41) is 10.3. The molecule has 8 heteroatoms. The first-order chi connectivity index (χ1) is 15.5. The molecule has 1 aromatic carbocycles. The number of hydrogen-bond donors (Lipinski definition) is 1. The van der Waals surface area contributed by atoms with Crippen molar-refractivity contribution in [3.63, 3.8) is 0 Å². The van der Waals surface area contributed by atoms with Crippen LogP contribution in [-0.4, -0.2) is 52.9 Å². The van der Waals surface area contributed by atoms with Crippen molar-refractivity contribution < 1.29 is 28.6 Å². The number of halogens is 1. The highest BCUT2D eigenvalue weighted by Gasteiger charge is 2.39. The SMILES string of the molecule is CCC(c1c(F)cnc2ccc(OC)cc12)[C@H]1CCN(C(=O)OC(C)(C)C)C[C@H]1CC(=O)O. The molecule has 1 aromatic heterocycles. The molecule has 1 N–H and O–H groups in total. The molecule has 1 fully saturated rings. The zero-order valence-electron chi connectivity index (χ0n) is 19.9. The van der Waals surface area contributed by atoms with Gasteiger partial charge in [0, 0.05) is 24.0 Å². The summed E-state index contributed by atoms with van der Waals surface area (Å²) in [5.74, 6) is -1.42. The smallest absolute Gasteiger partial charge is 0.410 e. The fourth-order valence-corrected chi connectivity index (χ4v) is 4.91. The van der Waals surface area contributed by atoms with Gasteiger partial charge < -0.3 is 19.5 Å². The Morgan fingerprint density at radius 1 is 1.33 bits per heavy atom. The molecule has 33 heavy (non-hydrogen) atoms. The second kappa shape index (κ2) is 9.93. The van der Waals surface area contributed by atoms with Gasteiger partial charge in [0.05, 0.1) is 25.2 Å². The van der Waals surface area contributed by atoms with Crippen molar-refractivity contribution in [3.05, 3.63) is 35.8 Å². The van der Waals surface area contributed by atoms with Gasteiger partial charge in [-0.3, -0.25) is 9.78 Å². The summed E-state index contributed by atoms with van der Waals surface area (Å²) in [6, 6.07) is 5.36. The third kappa shape index (κ3) is 5.72. The van der Waals surface area contributed by atoms with Crippen molar-refractivity contribution in [2.45, 2.75) is 58.5 Å². The minimum absolute atomic E-state index is 0.103. The number of ether oxygens (including phenoxy) is 2. The Bertz CT molecular complexity index is 1020. The second-order valence-corrected chi connectivity index (χ2v) is 9.65. The van der Waals surface area contributed by atoms with Crippen LogP contribution in [0.1, 0.15) is 58.4 Å². The normalized spacial score (nSPS) is 19.9. The average molecular weight is 461 g/mol. The largest absolute Gasteiger partial charge is 0.497 e. The van der Waals surface area contributed by atoms with Crippen molar-refractivity contribution >= 4 is 23.0 Å². The van der Waals surface area contributed by atoms with E-state index < -0.39 is 23.5 Å². The zero-order valence-corrected chi connectivity index (χ0v) is 19.9. The summed E-state index contributed by atoms with van der Waals surface area (Å²) in [6.45, 7) is 8.06. The number of piperidine rings is 1. The summed E-state index contributed by atoms with van der Waals surface area (Å²) < 4.78 is 26.1. The van der Waals surface area contributed by atoms with E-state index in [1.54, 1.807) is 51.0 Å². The van der Waals surface area contributed by atoms with Gasteiger partial charge in [-0.25, -0.2) is 9.18 Å². The predicted molar refractivity (Wildman–Crippen MR) is 123 cm³/mol. The lowest BCUT2D eigenvalue weighted by Gasteiger charge is -2.42. The fourth-order valence-electron chi connectivity index (χ4n) is 4.91. The third-order valence-electron chi connectivity index (χ3n) is 6.28. The quantitative estimate of drug-likeness (QED) is 0.635. The molecule has 0 aliphatic carbocycles. The van der Waals surface area contributed by atoms with Crippen molar-refractivity contribution in [1.82, 2.24) is 9.88 Å². The zero-order chi connectivity index (χ0) is 24.3. The Balaban J connectivity index is 1.98. The molecular weight excluding hydrogens is 427 g/mol. The number of pyridine rings is 1. The highest BCUT2D eigenvalue weighted by atomic mass is 19.1. The van der Waals surface area contributed by atoms with Crippen LogP contribution in [0.3, 0.4) is 0 Å². The number of carboxylic acids is 1.